The molecule has 0 saturated carbocycles. The lowest BCUT2D eigenvalue weighted by atomic mass is 9.94. The van der Waals surface area contributed by atoms with Crippen LogP contribution in [-0.4, -0.2) is 69.2 Å². The van der Waals surface area contributed by atoms with Crippen molar-refractivity contribution in [2.45, 2.75) is 38.4 Å². The number of alkyl halides is 1. The number of nitrogens with zero attached hydrogens (tertiary/aromatic N) is 6. The first kappa shape index (κ1) is 23.3. The molecule has 1 amide bonds. The Labute approximate surface area is 202 Å². The maximum atomic E-state index is 15.6. The molecule has 0 aliphatic carbocycles. The summed E-state index contributed by atoms with van der Waals surface area (Å²) < 4.78 is 31.5. The number of carbonyl (C=O) groups excluding carboxylic acids is 1. The molecular weight excluding hydrogens is 452 g/mol. The van der Waals surface area contributed by atoms with Crippen molar-refractivity contribution in [2.24, 2.45) is 5.73 Å². The van der Waals surface area contributed by atoms with Crippen LogP contribution < -0.4 is 10.6 Å². The molecule has 10 heteroatoms. The number of hydrogen-bond donors (Lipinski definition) is 1. The molecule has 2 aliphatic heterocycles. The third kappa shape index (κ3) is 4.88. The smallest absolute Gasteiger partial charge is 0.251 e. The Kier molecular flexibility index (Phi) is 6.46. The van der Waals surface area contributed by atoms with Crippen LogP contribution in [0.25, 0.3) is 11.3 Å². The number of rotatable bonds is 7. The van der Waals surface area contributed by atoms with Crippen molar-refractivity contribution >= 4 is 11.9 Å². The van der Waals surface area contributed by atoms with Crippen LogP contribution in [0.1, 0.15) is 40.5 Å². The standard InChI is InChI=1S/C25H29F2N7O/c1-16-11-17(3-4-20(16)26)22-15-33(10-9-32-6-2-7-32)24(31-22)19-5-8-34(14-21(19)27)25-29-12-18(13-30-25)23(28)35/h3-4,11-13,15,19,21H,2,5-10,14H2,1H3,(H2,28,35)/t19?,21-/m1/s1. The molecule has 35 heavy (non-hydrogen) atoms. The summed E-state index contributed by atoms with van der Waals surface area (Å²) in [6.07, 6.45) is 5.28. The summed E-state index contributed by atoms with van der Waals surface area (Å²) in [6, 6.07) is 4.95. The lowest BCUT2D eigenvalue weighted by molar-refractivity contribution is 0.0999. The Hall–Kier alpha value is -3.40. The largest absolute Gasteiger partial charge is 0.366 e. The number of benzene rings is 1. The third-order valence-electron chi connectivity index (χ3n) is 6.95. The zero-order valence-electron chi connectivity index (χ0n) is 19.7. The van der Waals surface area contributed by atoms with E-state index in [0.29, 0.717) is 24.5 Å². The summed E-state index contributed by atoms with van der Waals surface area (Å²) >= 11 is 0. The number of aromatic nitrogens is 4. The van der Waals surface area contributed by atoms with Gasteiger partial charge in [0.1, 0.15) is 17.8 Å². The van der Waals surface area contributed by atoms with Crippen LogP contribution in [-0.2, 0) is 6.54 Å². The van der Waals surface area contributed by atoms with E-state index in [0.717, 1.165) is 43.3 Å². The summed E-state index contributed by atoms with van der Waals surface area (Å²) in [5.74, 6) is -0.133. The molecule has 1 aromatic carbocycles. The number of nitrogens with two attached hydrogens (primary N) is 1. The van der Waals surface area contributed by atoms with Crippen LogP contribution in [0.5, 0.6) is 0 Å². The van der Waals surface area contributed by atoms with E-state index in [4.69, 9.17) is 10.7 Å². The lowest BCUT2D eigenvalue weighted by Gasteiger charge is -2.35. The highest BCUT2D eigenvalue weighted by Crippen LogP contribution is 2.33. The highest BCUT2D eigenvalue weighted by atomic mass is 19.1. The van der Waals surface area contributed by atoms with Gasteiger partial charge < -0.3 is 20.1 Å². The number of hydrogen-bond acceptors (Lipinski definition) is 6. The van der Waals surface area contributed by atoms with E-state index in [1.54, 1.807) is 24.0 Å². The van der Waals surface area contributed by atoms with E-state index in [1.165, 1.54) is 24.9 Å². The molecule has 0 spiro atoms. The van der Waals surface area contributed by atoms with E-state index in [9.17, 15) is 9.18 Å². The van der Waals surface area contributed by atoms with Crippen molar-refractivity contribution in [3.05, 3.63) is 59.6 Å². The second-order valence-corrected chi connectivity index (χ2v) is 9.33. The van der Waals surface area contributed by atoms with Crippen molar-refractivity contribution in [1.29, 1.82) is 0 Å². The molecule has 184 valence electrons. The Morgan fingerprint density at radius 3 is 2.57 bits per heavy atom. The second kappa shape index (κ2) is 9.69. The van der Waals surface area contributed by atoms with Crippen molar-refractivity contribution in [3.8, 4) is 11.3 Å². The van der Waals surface area contributed by atoms with Crippen molar-refractivity contribution in [1.82, 2.24) is 24.4 Å². The molecule has 2 N–H and O–H groups in total. The summed E-state index contributed by atoms with van der Waals surface area (Å²) in [5.41, 5.74) is 7.57. The second-order valence-electron chi connectivity index (χ2n) is 9.33. The van der Waals surface area contributed by atoms with Crippen LogP contribution in [0.15, 0.2) is 36.8 Å². The average Bonchev–Trinajstić information content (AvgIpc) is 3.23. The predicted molar refractivity (Wildman–Crippen MR) is 128 cm³/mol. The van der Waals surface area contributed by atoms with Crippen LogP contribution in [0.2, 0.25) is 0 Å². The monoisotopic (exact) mass is 481 g/mol. The van der Waals surface area contributed by atoms with E-state index in [1.807, 2.05) is 6.20 Å². The van der Waals surface area contributed by atoms with E-state index >= 15 is 4.39 Å². The zero-order valence-corrected chi connectivity index (χ0v) is 19.7. The number of primary amides is 1. The van der Waals surface area contributed by atoms with Crippen LogP contribution in [0.3, 0.4) is 0 Å². The first-order chi connectivity index (χ1) is 16.9. The molecule has 2 aliphatic rings. The van der Waals surface area contributed by atoms with E-state index < -0.39 is 12.1 Å². The molecule has 0 bridgehead atoms. The number of amides is 1. The number of aryl methyl sites for hydroxylation is 1. The predicted octanol–water partition coefficient (Wildman–Crippen LogP) is 2.92. The highest BCUT2D eigenvalue weighted by molar-refractivity contribution is 5.92. The van der Waals surface area contributed by atoms with Gasteiger partial charge in [0.2, 0.25) is 5.95 Å². The van der Waals surface area contributed by atoms with Crippen molar-refractivity contribution < 1.29 is 13.6 Å². The van der Waals surface area contributed by atoms with Gasteiger partial charge >= 0.3 is 0 Å². The number of piperidine rings is 1. The summed E-state index contributed by atoms with van der Waals surface area (Å²) in [4.78, 5) is 28.7. The van der Waals surface area contributed by atoms with Crippen molar-refractivity contribution in [2.75, 3.05) is 37.6 Å². The SMILES string of the molecule is Cc1cc(-c2cn(CCN3CCC3)c(C3CCN(c4ncc(C(N)=O)cn4)C[C@H]3F)n2)ccc1F. The van der Waals surface area contributed by atoms with Gasteiger partial charge in [0.25, 0.3) is 5.91 Å². The van der Waals surface area contributed by atoms with Gasteiger partial charge in [-0.3, -0.25) is 4.79 Å². The van der Waals surface area contributed by atoms with Gasteiger partial charge in [-0.25, -0.2) is 23.7 Å². The summed E-state index contributed by atoms with van der Waals surface area (Å²) in [7, 11) is 0. The van der Waals surface area contributed by atoms with Gasteiger partial charge in [-0.05, 0) is 56.6 Å². The molecule has 2 aromatic heterocycles. The molecule has 2 fully saturated rings. The average molecular weight is 482 g/mol. The fraction of sp³-hybridized carbons (Fsp3) is 0.440. The van der Waals surface area contributed by atoms with Gasteiger partial charge in [-0.2, -0.15) is 0 Å². The number of halogens is 2. The molecular formula is C25H29F2N7O. The third-order valence-corrected chi connectivity index (χ3v) is 6.95. The quantitative estimate of drug-likeness (QED) is 0.558. The zero-order chi connectivity index (χ0) is 24.5. The Morgan fingerprint density at radius 2 is 1.94 bits per heavy atom. The first-order valence-electron chi connectivity index (χ1n) is 12.0. The maximum Gasteiger partial charge on any atom is 0.251 e. The molecule has 3 aromatic rings. The van der Waals surface area contributed by atoms with E-state index in [2.05, 4.69) is 19.4 Å². The fourth-order valence-corrected chi connectivity index (χ4v) is 4.69. The van der Waals surface area contributed by atoms with Crippen LogP contribution in [0.4, 0.5) is 14.7 Å². The van der Waals surface area contributed by atoms with Gasteiger partial charge in [-0.15, -0.1) is 0 Å². The molecule has 1 unspecified atom stereocenters. The van der Waals surface area contributed by atoms with Crippen LogP contribution in [0, 0.1) is 12.7 Å². The van der Waals surface area contributed by atoms with Crippen molar-refractivity contribution in [3.63, 3.8) is 0 Å². The number of likely N-dealkylation sites (tertiary alicyclic amines) is 1. The number of anilines is 1. The van der Waals surface area contributed by atoms with Crippen LogP contribution >= 0.6 is 0 Å². The number of carbonyl (C=O) groups is 1. The molecule has 2 saturated heterocycles. The van der Waals surface area contributed by atoms with Gasteiger partial charge in [0, 0.05) is 43.8 Å². The molecule has 0 radical (unpaired) electrons. The minimum Gasteiger partial charge on any atom is -0.366 e. The lowest BCUT2D eigenvalue weighted by Crippen LogP contribution is -2.43. The Bertz CT molecular complexity index is 1210. The van der Waals surface area contributed by atoms with Gasteiger partial charge in [0.15, 0.2) is 0 Å². The molecule has 2 atom stereocenters. The normalized spacial score (nSPS) is 20.6. The van der Waals surface area contributed by atoms with Gasteiger partial charge in [0.05, 0.1) is 23.7 Å². The van der Waals surface area contributed by atoms with E-state index in [-0.39, 0.29) is 23.8 Å². The maximum absolute atomic E-state index is 15.6. The topological polar surface area (TPSA) is 93.2 Å². The molecule has 5 rings (SSSR count). The number of imidazole rings is 1. The Morgan fingerprint density at radius 1 is 1.17 bits per heavy atom. The molecule has 4 heterocycles. The van der Waals surface area contributed by atoms with Gasteiger partial charge in [-0.1, -0.05) is 0 Å². The minimum absolute atomic E-state index is 0.130. The first-order valence-corrected chi connectivity index (χ1v) is 12.0. The minimum atomic E-state index is -1.17. The highest BCUT2D eigenvalue weighted by Gasteiger charge is 2.35. The molecule has 8 nitrogen and oxygen atoms in total. The summed E-state index contributed by atoms with van der Waals surface area (Å²) in [5, 5.41) is 0. The summed E-state index contributed by atoms with van der Waals surface area (Å²) in [6.45, 7) is 6.22. The fourth-order valence-electron chi connectivity index (χ4n) is 4.69. The Balaban J connectivity index is 1.37.